The summed E-state index contributed by atoms with van der Waals surface area (Å²) < 4.78 is 5.33. The minimum Gasteiger partial charge on any atom is -0.387 e. The van der Waals surface area contributed by atoms with Gasteiger partial charge in [-0.15, -0.1) is 11.3 Å². The van der Waals surface area contributed by atoms with Gasteiger partial charge in [-0.1, -0.05) is 13.0 Å². The first-order valence-electron chi connectivity index (χ1n) is 12.2. The lowest BCUT2D eigenvalue weighted by Gasteiger charge is -2.57. The summed E-state index contributed by atoms with van der Waals surface area (Å²) in [6.07, 6.45) is 11.1. The van der Waals surface area contributed by atoms with Crippen LogP contribution >= 0.6 is 11.3 Å². The monoisotopic (exact) mass is 430 g/mol. The van der Waals surface area contributed by atoms with Crippen LogP contribution in [0.4, 0.5) is 0 Å². The molecule has 1 heterocycles. The van der Waals surface area contributed by atoms with Crippen molar-refractivity contribution in [2.24, 2.45) is 40.9 Å². The average molecular weight is 431 g/mol. The molecule has 4 aliphatic rings. The number of methoxy groups -OCH3 is 1. The fourth-order valence-corrected chi connectivity index (χ4v) is 9.31. The fourth-order valence-electron chi connectivity index (χ4n) is 8.60. The summed E-state index contributed by atoms with van der Waals surface area (Å²) in [4.78, 5) is 14.5. The third-order valence-corrected chi connectivity index (χ3v) is 10.7. The van der Waals surface area contributed by atoms with E-state index in [0.717, 1.165) is 49.4 Å². The lowest BCUT2D eigenvalue weighted by molar-refractivity contribution is -0.135. The molecule has 0 radical (unpaired) electrons. The van der Waals surface area contributed by atoms with Gasteiger partial charge in [0.2, 0.25) is 0 Å². The molecule has 4 heteroatoms. The van der Waals surface area contributed by atoms with Crippen LogP contribution in [0.3, 0.4) is 0 Å². The van der Waals surface area contributed by atoms with Gasteiger partial charge in [-0.05, 0) is 104 Å². The van der Waals surface area contributed by atoms with E-state index in [1.165, 1.54) is 37.0 Å². The molecular formula is C26H38O3S. The molecule has 1 aromatic rings. The number of carbonyl (C=O) groups excluding carboxylic acids is 1. The van der Waals surface area contributed by atoms with Gasteiger partial charge in [0.1, 0.15) is 5.78 Å². The van der Waals surface area contributed by atoms with Crippen LogP contribution < -0.4 is 0 Å². The highest BCUT2D eigenvalue weighted by Gasteiger charge is 2.58. The Morgan fingerprint density at radius 2 is 1.97 bits per heavy atom. The summed E-state index contributed by atoms with van der Waals surface area (Å²) in [5.74, 6) is 4.57. The van der Waals surface area contributed by atoms with Gasteiger partial charge in [-0.2, -0.15) is 0 Å². The van der Waals surface area contributed by atoms with E-state index in [4.69, 9.17) is 4.74 Å². The van der Waals surface area contributed by atoms with Crippen molar-refractivity contribution in [1.29, 1.82) is 0 Å². The molecule has 0 bridgehead atoms. The van der Waals surface area contributed by atoms with Crippen molar-refractivity contribution >= 4 is 17.1 Å². The lowest BCUT2D eigenvalue weighted by Crippen LogP contribution is -2.52. The van der Waals surface area contributed by atoms with Crippen molar-refractivity contribution in [3.05, 3.63) is 22.4 Å². The molecule has 5 rings (SSSR count). The summed E-state index contributed by atoms with van der Waals surface area (Å²) >= 11 is 1.72. The first-order valence-corrected chi connectivity index (χ1v) is 13.1. The Balaban J connectivity index is 1.29. The van der Waals surface area contributed by atoms with Gasteiger partial charge in [-0.3, -0.25) is 4.79 Å². The third-order valence-electron chi connectivity index (χ3n) is 9.83. The van der Waals surface area contributed by atoms with Gasteiger partial charge in [0.05, 0.1) is 12.2 Å². The van der Waals surface area contributed by atoms with Gasteiger partial charge in [0.25, 0.3) is 0 Å². The molecular weight excluding hydrogens is 392 g/mol. The Morgan fingerprint density at radius 3 is 2.73 bits per heavy atom. The molecule has 0 saturated heterocycles. The zero-order valence-electron chi connectivity index (χ0n) is 18.6. The number of thiophene rings is 1. The van der Waals surface area contributed by atoms with Crippen LogP contribution in [0.1, 0.15) is 69.6 Å². The van der Waals surface area contributed by atoms with Crippen molar-refractivity contribution in [2.45, 2.75) is 76.7 Å². The molecule has 0 aromatic carbocycles. The average Bonchev–Trinajstić information content (AvgIpc) is 3.34. The SMILES string of the molecule is COC[C@@]1(O)CC[C@H]2[C@@H](CC[C@@H]3[C@@H]2CC[C@]2(C)[C@@H](C(=O)Cc4cccs4)CC[C@@H]32)C1. The molecule has 0 spiro atoms. The van der Waals surface area contributed by atoms with E-state index >= 15 is 0 Å². The lowest BCUT2D eigenvalue weighted by atomic mass is 9.49. The van der Waals surface area contributed by atoms with Crippen LogP contribution in [0.2, 0.25) is 0 Å². The van der Waals surface area contributed by atoms with Crippen LogP contribution in [0.15, 0.2) is 17.5 Å². The Bertz CT molecular complexity index is 760. The highest BCUT2D eigenvalue weighted by atomic mass is 32.1. The predicted octanol–water partition coefficient (Wildman–Crippen LogP) is 5.51. The molecule has 1 aromatic heterocycles. The first kappa shape index (κ1) is 21.2. The number of hydrogen-bond acceptors (Lipinski definition) is 4. The summed E-state index contributed by atoms with van der Waals surface area (Å²) in [6.45, 7) is 2.95. The molecule has 4 aliphatic carbocycles. The topological polar surface area (TPSA) is 46.5 Å². The maximum absolute atomic E-state index is 13.3. The van der Waals surface area contributed by atoms with Crippen molar-refractivity contribution in [1.82, 2.24) is 0 Å². The van der Waals surface area contributed by atoms with Gasteiger partial charge >= 0.3 is 0 Å². The van der Waals surface area contributed by atoms with E-state index in [2.05, 4.69) is 24.4 Å². The Labute approximate surface area is 185 Å². The summed E-state index contributed by atoms with van der Waals surface area (Å²) in [5.41, 5.74) is -0.383. The minimum absolute atomic E-state index is 0.216. The number of hydrogen-bond donors (Lipinski definition) is 1. The van der Waals surface area contributed by atoms with E-state index in [-0.39, 0.29) is 11.3 Å². The first-order chi connectivity index (χ1) is 14.4. The quantitative estimate of drug-likeness (QED) is 0.670. The maximum atomic E-state index is 13.3. The third kappa shape index (κ3) is 3.51. The second-order valence-electron chi connectivity index (χ2n) is 11.2. The van der Waals surface area contributed by atoms with Crippen LogP contribution in [0.25, 0.3) is 0 Å². The summed E-state index contributed by atoms with van der Waals surface area (Å²) in [7, 11) is 1.71. The molecule has 166 valence electrons. The molecule has 0 aliphatic heterocycles. The Morgan fingerprint density at radius 1 is 1.13 bits per heavy atom. The van der Waals surface area contributed by atoms with Crippen LogP contribution in [0.5, 0.6) is 0 Å². The molecule has 30 heavy (non-hydrogen) atoms. The van der Waals surface area contributed by atoms with Gasteiger partial charge in [-0.25, -0.2) is 0 Å². The summed E-state index contributed by atoms with van der Waals surface area (Å²) in [6, 6.07) is 4.18. The maximum Gasteiger partial charge on any atom is 0.141 e. The molecule has 0 unspecified atom stereocenters. The van der Waals surface area contributed by atoms with E-state index in [9.17, 15) is 9.90 Å². The predicted molar refractivity (Wildman–Crippen MR) is 120 cm³/mol. The Kier molecular flexibility index (Phi) is 5.65. The highest BCUT2D eigenvalue weighted by Crippen LogP contribution is 2.64. The van der Waals surface area contributed by atoms with E-state index in [0.29, 0.717) is 24.7 Å². The molecule has 8 atom stereocenters. The van der Waals surface area contributed by atoms with Gasteiger partial charge < -0.3 is 9.84 Å². The number of ketones is 1. The molecule has 0 amide bonds. The van der Waals surface area contributed by atoms with Crippen LogP contribution in [0, 0.1) is 40.9 Å². The van der Waals surface area contributed by atoms with Crippen molar-refractivity contribution in [3.63, 3.8) is 0 Å². The number of Topliss-reactive ketones (excluding diaryl/α,β-unsaturated/α-hetero) is 1. The number of carbonyl (C=O) groups is 1. The number of fused-ring (bicyclic) bond motifs is 5. The van der Waals surface area contributed by atoms with Gasteiger partial charge in [0.15, 0.2) is 0 Å². The fraction of sp³-hybridized carbons (Fsp3) is 0.808. The normalized spacial score (nSPS) is 45.4. The highest BCUT2D eigenvalue weighted by molar-refractivity contribution is 7.10. The van der Waals surface area contributed by atoms with E-state index in [1.54, 1.807) is 18.4 Å². The minimum atomic E-state index is -0.599. The largest absolute Gasteiger partial charge is 0.387 e. The number of rotatable bonds is 5. The smallest absolute Gasteiger partial charge is 0.141 e. The second kappa shape index (κ2) is 8.01. The molecule has 3 nitrogen and oxygen atoms in total. The molecule has 1 N–H and O–H groups in total. The van der Waals surface area contributed by atoms with Crippen LogP contribution in [-0.4, -0.2) is 30.2 Å². The van der Waals surface area contributed by atoms with Crippen molar-refractivity contribution in [3.8, 4) is 0 Å². The van der Waals surface area contributed by atoms with Gasteiger partial charge in [0, 0.05) is 24.3 Å². The van der Waals surface area contributed by atoms with Crippen molar-refractivity contribution in [2.75, 3.05) is 13.7 Å². The van der Waals surface area contributed by atoms with E-state index < -0.39 is 5.60 Å². The zero-order chi connectivity index (χ0) is 20.9. The molecule has 4 fully saturated rings. The van der Waals surface area contributed by atoms with E-state index in [1.807, 2.05) is 0 Å². The van der Waals surface area contributed by atoms with Crippen molar-refractivity contribution < 1.29 is 14.6 Å². The second-order valence-corrected chi connectivity index (χ2v) is 12.3. The Hall–Kier alpha value is -0.710. The molecule has 4 saturated carbocycles. The zero-order valence-corrected chi connectivity index (χ0v) is 19.5. The standard InChI is InChI=1S/C26H38O3S/c1-25-11-9-20-19-10-12-26(28,16-29-2)15-17(19)5-6-21(20)22(25)7-8-23(25)24(27)14-18-4-3-13-30-18/h3-4,13,17,19-23,28H,5-12,14-16H2,1-2H3/t17-,19-,20+,21+,22-,23+,25-,26+/m0/s1. The van der Waals surface area contributed by atoms with Crippen LogP contribution in [-0.2, 0) is 16.0 Å². The number of ether oxygens (including phenoxy) is 1. The summed E-state index contributed by atoms with van der Waals surface area (Å²) in [5, 5.41) is 13.0. The number of aliphatic hydroxyl groups is 1.